The van der Waals surface area contributed by atoms with Crippen molar-refractivity contribution in [3.8, 4) is 11.1 Å². The predicted octanol–water partition coefficient (Wildman–Crippen LogP) is 6.33. The molecule has 1 amide bonds. The van der Waals surface area contributed by atoms with Crippen LogP contribution in [0.1, 0.15) is 53.5 Å². The van der Waals surface area contributed by atoms with Crippen LogP contribution in [0.25, 0.3) is 16.7 Å². The quantitative estimate of drug-likeness (QED) is 0.314. The predicted molar refractivity (Wildman–Crippen MR) is 156 cm³/mol. The van der Waals surface area contributed by atoms with E-state index in [0.717, 1.165) is 52.2 Å². The van der Waals surface area contributed by atoms with Gasteiger partial charge in [0.25, 0.3) is 5.56 Å². The largest absolute Gasteiger partial charge is 0.337 e. The van der Waals surface area contributed by atoms with Crippen molar-refractivity contribution in [2.45, 2.75) is 44.6 Å². The molecule has 1 N–H and O–H groups in total. The highest BCUT2D eigenvalue weighted by Gasteiger charge is 2.49. The molecule has 2 aliphatic rings. The number of carbonyl (C=O) groups excluding carboxylic acids is 1. The summed E-state index contributed by atoms with van der Waals surface area (Å²) in [5.41, 5.74) is 7.25. The first-order valence-electron chi connectivity index (χ1n) is 13.3. The summed E-state index contributed by atoms with van der Waals surface area (Å²) in [5, 5.41) is 0.677. The number of halogens is 1. The average molecular weight is 536 g/mol. The summed E-state index contributed by atoms with van der Waals surface area (Å²) in [7, 11) is 0. The van der Waals surface area contributed by atoms with Gasteiger partial charge < -0.3 is 9.88 Å². The number of nitrogens with one attached hydrogen (secondary N) is 1. The Kier molecular flexibility index (Phi) is 6.48. The summed E-state index contributed by atoms with van der Waals surface area (Å²) in [6.45, 7) is 6.90. The first kappa shape index (κ1) is 25.3. The molecule has 3 aromatic carbocycles. The molecule has 6 rings (SSSR count). The Morgan fingerprint density at radius 1 is 1.05 bits per heavy atom. The van der Waals surface area contributed by atoms with Gasteiger partial charge in [-0.1, -0.05) is 84.4 Å². The van der Waals surface area contributed by atoms with Gasteiger partial charge in [0.2, 0.25) is 5.91 Å². The van der Waals surface area contributed by atoms with Crippen LogP contribution in [0.3, 0.4) is 0 Å². The molecule has 1 fully saturated rings. The van der Waals surface area contributed by atoms with Gasteiger partial charge in [0, 0.05) is 18.0 Å². The van der Waals surface area contributed by atoms with Crippen LogP contribution in [0.4, 0.5) is 0 Å². The summed E-state index contributed by atoms with van der Waals surface area (Å²) in [6, 6.07) is 24.0. The third kappa shape index (κ3) is 4.95. The van der Waals surface area contributed by atoms with E-state index >= 15 is 0 Å². The summed E-state index contributed by atoms with van der Waals surface area (Å²) in [4.78, 5) is 36.3. The van der Waals surface area contributed by atoms with Crippen LogP contribution in [0, 0.1) is 0 Å². The number of nitrogens with zero attached hydrogens (tertiary/aromatic N) is 2. The summed E-state index contributed by atoms with van der Waals surface area (Å²) < 4.78 is 0. The second kappa shape index (κ2) is 9.97. The maximum absolute atomic E-state index is 13.3. The molecular formula is C33H30ClN3O2. The van der Waals surface area contributed by atoms with Crippen molar-refractivity contribution in [2.24, 2.45) is 0 Å². The Labute approximate surface area is 233 Å². The first-order valence-corrected chi connectivity index (χ1v) is 13.7. The smallest absolute Gasteiger partial charge is 0.256 e. The molecule has 1 aromatic heterocycles. The molecule has 0 atom stereocenters. The number of fused-ring (bicyclic) bond motifs is 1. The first-order chi connectivity index (χ1) is 18.8. The van der Waals surface area contributed by atoms with Crippen molar-refractivity contribution in [3.63, 3.8) is 0 Å². The molecule has 1 aliphatic heterocycles. The van der Waals surface area contributed by atoms with Crippen LogP contribution in [0.2, 0.25) is 5.02 Å². The van der Waals surface area contributed by atoms with Gasteiger partial charge in [0.05, 0.1) is 29.6 Å². The van der Waals surface area contributed by atoms with Crippen molar-refractivity contribution in [1.82, 2.24) is 14.9 Å². The van der Waals surface area contributed by atoms with Crippen molar-refractivity contribution >= 4 is 23.1 Å². The maximum atomic E-state index is 13.3. The van der Waals surface area contributed by atoms with Crippen LogP contribution >= 0.6 is 11.6 Å². The van der Waals surface area contributed by atoms with Crippen molar-refractivity contribution in [1.29, 1.82) is 0 Å². The van der Waals surface area contributed by atoms with Gasteiger partial charge in [-0.15, -0.1) is 0 Å². The molecule has 4 aromatic rings. The number of benzene rings is 3. The lowest BCUT2D eigenvalue weighted by Crippen LogP contribution is -2.41. The van der Waals surface area contributed by atoms with Crippen molar-refractivity contribution in [2.75, 3.05) is 6.54 Å². The molecule has 1 aliphatic carbocycles. The number of aromatic nitrogens is 2. The van der Waals surface area contributed by atoms with Crippen LogP contribution in [-0.2, 0) is 29.6 Å². The maximum Gasteiger partial charge on any atom is 0.256 e. The number of H-pyrrole nitrogens is 1. The van der Waals surface area contributed by atoms with E-state index in [2.05, 4.69) is 29.8 Å². The molecule has 0 saturated heterocycles. The number of rotatable bonds is 6. The fourth-order valence-electron chi connectivity index (χ4n) is 5.55. The third-order valence-electron chi connectivity index (χ3n) is 7.97. The van der Waals surface area contributed by atoms with Gasteiger partial charge in [0.15, 0.2) is 0 Å². The average Bonchev–Trinajstić information content (AvgIpc) is 3.75. The number of allylic oxidation sites excluding steroid dienone is 1. The SMILES string of the molecule is C=C(C)c1cccc(C2(c3nc4c(c(=O)[nH]3)CN(C(=O)Cc3cccc(-c5cccc(Cl)c5)c3)CC4)CC2)c1. The Balaban J connectivity index is 1.20. The zero-order chi connectivity index (χ0) is 27.1. The molecule has 196 valence electrons. The van der Waals surface area contributed by atoms with Crippen LogP contribution in [0.15, 0.2) is 84.2 Å². The van der Waals surface area contributed by atoms with Gasteiger partial charge in [-0.3, -0.25) is 9.59 Å². The second-order valence-electron chi connectivity index (χ2n) is 10.7. The summed E-state index contributed by atoms with van der Waals surface area (Å²) in [6.07, 6.45) is 2.75. The lowest BCUT2D eigenvalue weighted by Gasteiger charge is -2.29. The normalized spacial score (nSPS) is 15.5. The van der Waals surface area contributed by atoms with E-state index in [9.17, 15) is 9.59 Å². The fourth-order valence-corrected chi connectivity index (χ4v) is 5.74. The lowest BCUT2D eigenvalue weighted by molar-refractivity contribution is -0.131. The zero-order valence-corrected chi connectivity index (χ0v) is 22.7. The topological polar surface area (TPSA) is 66.1 Å². The van der Waals surface area contributed by atoms with E-state index in [-0.39, 0.29) is 29.8 Å². The van der Waals surface area contributed by atoms with Crippen LogP contribution in [0.5, 0.6) is 0 Å². The van der Waals surface area contributed by atoms with E-state index in [4.69, 9.17) is 16.6 Å². The van der Waals surface area contributed by atoms with Gasteiger partial charge in [-0.05, 0) is 59.7 Å². The van der Waals surface area contributed by atoms with E-state index in [1.54, 1.807) is 4.90 Å². The van der Waals surface area contributed by atoms with Crippen molar-refractivity contribution < 1.29 is 4.79 Å². The zero-order valence-electron chi connectivity index (χ0n) is 22.0. The third-order valence-corrected chi connectivity index (χ3v) is 8.21. The molecule has 0 unspecified atom stereocenters. The monoisotopic (exact) mass is 535 g/mol. The Morgan fingerprint density at radius 2 is 1.79 bits per heavy atom. The molecule has 0 spiro atoms. The molecule has 1 saturated carbocycles. The number of hydrogen-bond acceptors (Lipinski definition) is 3. The Hall–Kier alpha value is -3.96. The minimum Gasteiger partial charge on any atom is -0.337 e. The Morgan fingerprint density at radius 3 is 2.54 bits per heavy atom. The second-order valence-corrected chi connectivity index (χ2v) is 11.2. The minimum absolute atomic E-state index is 0.00245. The minimum atomic E-state index is -0.249. The summed E-state index contributed by atoms with van der Waals surface area (Å²) >= 11 is 6.16. The molecule has 39 heavy (non-hydrogen) atoms. The van der Waals surface area contributed by atoms with Crippen LogP contribution in [-0.4, -0.2) is 27.3 Å². The Bertz CT molecular complexity index is 1670. The highest BCUT2D eigenvalue weighted by Crippen LogP contribution is 2.52. The molecule has 0 radical (unpaired) electrons. The number of hydrogen-bond donors (Lipinski definition) is 1. The van der Waals surface area contributed by atoms with Crippen LogP contribution < -0.4 is 5.56 Å². The summed E-state index contributed by atoms with van der Waals surface area (Å²) in [5.74, 6) is 0.741. The molecular weight excluding hydrogens is 506 g/mol. The number of aromatic amines is 1. The van der Waals surface area contributed by atoms with E-state index in [1.807, 2.05) is 61.5 Å². The molecule has 2 heterocycles. The fraction of sp³-hybridized carbons (Fsp3) is 0.242. The highest BCUT2D eigenvalue weighted by molar-refractivity contribution is 6.30. The van der Waals surface area contributed by atoms with Gasteiger partial charge in [0.1, 0.15) is 5.82 Å². The van der Waals surface area contributed by atoms with Crippen molar-refractivity contribution in [3.05, 3.63) is 129 Å². The number of amides is 1. The molecule has 0 bridgehead atoms. The van der Waals surface area contributed by atoms with Gasteiger partial charge in [-0.2, -0.15) is 0 Å². The van der Waals surface area contributed by atoms with E-state index in [0.29, 0.717) is 23.6 Å². The lowest BCUT2D eigenvalue weighted by atomic mass is 9.91. The standard InChI is InChI=1S/C33H30ClN3O2/c1-21(2)23-7-4-10-26(18-23)33(13-14-33)32-35-29-12-15-37(20-28(29)31(39)36-32)30(38)17-22-6-3-8-24(16-22)25-9-5-11-27(34)19-25/h3-11,16,18-19H,1,12-15,17,20H2,2H3,(H,35,36,39). The number of carbonyl (C=O) groups is 1. The van der Waals surface area contributed by atoms with Gasteiger partial charge in [-0.25, -0.2) is 4.98 Å². The van der Waals surface area contributed by atoms with Gasteiger partial charge >= 0.3 is 0 Å². The molecule has 6 heteroatoms. The van der Waals surface area contributed by atoms with E-state index < -0.39 is 0 Å². The highest BCUT2D eigenvalue weighted by atomic mass is 35.5. The van der Waals surface area contributed by atoms with E-state index in [1.165, 1.54) is 5.56 Å². The molecule has 5 nitrogen and oxygen atoms in total.